The van der Waals surface area contributed by atoms with E-state index in [0.717, 1.165) is 0 Å². The average Bonchev–Trinajstić information content (AvgIpc) is 3.02. The van der Waals surface area contributed by atoms with Gasteiger partial charge in [-0.25, -0.2) is 13.1 Å². The Morgan fingerprint density at radius 3 is 2.68 bits per heavy atom. The first-order valence-electron chi connectivity index (χ1n) is 9.36. The highest BCUT2D eigenvalue weighted by atomic mass is 35.5. The third-order valence-electron chi connectivity index (χ3n) is 4.39. The molecule has 0 spiro atoms. The van der Waals surface area contributed by atoms with Crippen LogP contribution < -0.4 is 9.63 Å². The minimum Gasteiger partial charge on any atom is -0.619 e. The Morgan fingerprint density at radius 1 is 1.42 bits per heavy atom. The molecule has 1 unspecified atom stereocenters. The maximum Gasteiger partial charge on any atom is 0.389 e. The Hall–Kier alpha value is -2.34. The highest BCUT2D eigenvalue weighted by molar-refractivity contribution is 7.91. The van der Waals surface area contributed by atoms with Gasteiger partial charge in [-0.3, -0.25) is 4.79 Å². The van der Waals surface area contributed by atoms with Gasteiger partial charge in [0.15, 0.2) is 21.2 Å². The molecule has 2 aromatic rings. The van der Waals surface area contributed by atoms with Gasteiger partial charge in [0.1, 0.15) is 11.4 Å². The Labute approximate surface area is 182 Å². The standard InChI is InChI=1S/C18H22ClF3N4O4S/c1-3-25(15-11-26(23-16(15)19)14-6-4-8-24(28)10-14)17(27)13(2)12-31(29,30)9-5-7-18(20,21)22/h4,6,8,10-11,13H,3,5,7,9,12H2,1-2H3. The van der Waals surface area contributed by atoms with Crippen LogP contribution in [0.5, 0.6) is 0 Å². The Kier molecular flexibility index (Phi) is 7.93. The molecule has 0 aliphatic carbocycles. The second kappa shape index (κ2) is 9.86. The van der Waals surface area contributed by atoms with E-state index in [9.17, 15) is 31.6 Å². The van der Waals surface area contributed by atoms with Gasteiger partial charge in [0.25, 0.3) is 0 Å². The summed E-state index contributed by atoms with van der Waals surface area (Å²) in [6.45, 7) is 3.20. The summed E-state index contributed by atoms with van der Waals surface area (Å²) in [5, 5.41) is 15.5. The molecule has 2 heterocycles. The normalized spacial score (nSPS) is 13.2. The maximum atomic E-state index is 12.9. The molecular formula is C18H22ClF3N4O4S. The molecule has 0 radical (unpaired) electrons. The average molecular weight is 483 g/mol. The molecule has 0 aromatic carbocycles. The number of nitrogens with zero attached hydrogens (tertiary/aromatic N) is 4. The van der Waals surface area contributed by atoms with Gasteiger partial charge in [-0.2, -0.15) is 23.0 Å². The number of hydrogen-bond acceptors (Lipinski definition) is 5. The summed E-state index contributed by atoms with van der Waals surface area (Å²) in [5.41, 5.74) is 0.617. The molecule has 1 atom stereocenters. The van der Waals surface area contributed by atoms with Gasteiger partial charge in [0, 0.05) is 24.9 Å². The molecule has 13 heteroatoms. The van der Waals surface area contributed by atoms with Crippen molar-refractivity contribution in [1.82, 2.24) is 9.78 Å². The summed E-state index contributed by atoms with van der Waals surface area (Å²) in [5.74, 6) is -2.80. The molecule has 0 saturated heterocycles. The van der Waals surface area contributed by atoms with Gasteiger partial charge >= 0.3 is 6.18 Å². The lowest BCUT2D eigenvalue weighted by Gasteiger charge is -2.23. The number of hydrogen-bond donors (Lipinski definition) is 0. The Bertz CT molecular complexity index is 1030. The van der Waals surface area contributed by atoms with Crippen LogP contribution in [0.2, 0.25) is 5.15 Å². The maximum absolute atomic E-state index is 12.9. The minimum atomic E-state index is -4.43. The zero-order valence-electron chi connectivity index (χ0n) is 16.8. The van der Waals surface area contributed by atoms with Crippen LogP contribution in [0.3, 0.4) is 0 Å². The zero-order chi connectivity index (χ0) is 23.4. The van der Waals surface area contributed by atoms with E-state index in [-0.39, 0.29) is 17.4 Å². The number of sulfone groups is 1. The summed E-state index contributed by atoms with van der Waals surface area (Å²) >= 11 is 6.17. The van der Waals surface area contributed by atoms with Gasteiger partial charge in [0.05, 0.1) is 17.7 Å². The number of anilines is 1. The molecule has 172 valence electrons. The van der Waals surface area contributed by atoms with E-state index in [1.54, 1.807) is 13.0 Å². The molecule has 0 N–H and O–H groups in total. The van der Waals surface area contributed by atoms with Gasteiger partial charge in [0.2, 0.25) is 12.1 Å². The number of carbonyl (C=O) groups is 1. The number of carbonyl (C=O) groups excluding carboxylic acids is 1. The first kappa shape index (κ1) is 24.9. The van der Waals surface area contributed by atoms with Crippen molar-refractivity contribution in [2.75, 3.05) is 23.0 Å². The van der Waals surface area contributed by atoms with Crippen molar-refractivity contribution < 1.29 is 31.1 Å². The van der Waals surface area contributed by atoms with Crippen LogP contribution in [0.25, 0.3) is 5.69 Å². The number of pyridine rings is 1. The first-order valence-corrected chi connectivity index (χ1v) is 11.6. The molecule has 8 nitrogen and oxygen atoms in total. The highest BCUT2D eigenvalue weighted by Crippen LogP contribution is 2.27. The summed E-state index contributed by atoms with van der Waals surface area (Å²) < 4.78 is 62.9. The SMILES string of the molecule is CCN(C(=O)C(C)CS(=O)(=O)CCCC(F)(F)F)c1cn(-c2ccc[n+]([O-])c2)nc1Cl. The van der Waals surface area contributed by atoms with Crippen molar-refractivity contribution in [2.45, 2.75) is 32.9 Å². The van der Waals surface area contributed by atoms with Gasteiger partial charge < -0.3 is 10.1 Å². The van der Waals surface area contributed by atoms with E-state index in [2.05, 4.69) is 5.10 Å². The van der Waals surface area contributed by atoms with Crippen LogP contribution in [0.15, 0.2) is 30.7 Å². The summed E-state index contributed by atoms with van der Waals surface area (Å²) in [4.78, 5) is 14.1. The van der Waals surface area contributed by atoms with Crippen LogP contribution in [0.1, 0.15) is 26.7 Å². The molecule has 1 amide bonds. The number of halogens is 4. The number of alkyl halides is 3. The predicted molar refractivity (Wildman–Crippen MR) is 109 cm³/mol. The molecule has 0 aliphatic rings. The summed E-state index contributed by atoms with van der Waals surface area (Å²) in [7, 11) is -3.86. The van der Waals surface area contributed by atoms with E-state index >= 15 is 0 Å². The van der Waals surface area contributed by atoms with Crippen molar-refractivity contribution >= 4 is 33.0 Å². The molecule has 0 bridgehead atoms. The Morgan fingerprint density at radius 2 is 2.10 bits per heavy atom. The van der Waals surface area contributed by atoms with E-state index in [4.69, 9.17) is 11.6 Å². The molecule has 0 fully saturated rings. The third kappa shape index (κ3) is 7.10. The first-order chi connectivity index (χ1) is 14.3. The topological polar surface area (TPSA) is 99.2 Å². The molecule has 2 aromatic heterocycles. The van der Waals surface area contributed by atoms with Crippen molar-refractivity contribution in [3.05, 3.63) is 41.1 Å². The minimum absolute atomic E-state index is 0.0308. The Balaban J connectivity index is 2.14. The van der Waals surface area contributed by atoms with E-state index in [1.807, 2.05) is 0 Å². The zero-order valence-corrected chi connectivity index (χ0v) is 18.4. The van der Waals surface area contributed by atoms with Crippen LogP contribution in [-0.4, -0.2) is 48.3 Å². The predicted octanol–water partition coefficient (Wildman–Crippen LogP) is 2.91. The second-order valence-electron chi connectivity index (χ2n) is 6.99. The van der Waals surface area contributed by atoms with Crippen LogP contribution in [0.4, 0.5) is 18.9 Å². The lowest BCUT2D eigenvalue weighted by atomic mass is 10.2. The fourth-order valence-corrected chi connectivity index (χ4v) is 4.86. The van der Waals surface area contributed by atoms with Gasteiger partial charge in [-0.1, -0.05) is 18.5 Å². The molecule has 31 heavy (non-hydrogen) atoms. The third-order valence-corrected chi connectivity index (χ3v) is 6.58. The number of amides is 1. The van der Waals surface area contributed by atoms with E-state index < -0.39 is 52.2 Å². The number of aromatic nitrogens is 3. The van der Waals surface area contributed by atoms with E-state index in [0.29, 0.717) is 10.4 Å². The lowest BCUT2D eigenvalue weighted by molar-refractivity contribution is -0.605. The lowest BCUT2D eigenvalue weighted by Crippen LogP contribution is -2.38. The smallest absolute Gasteiger partial charge is 0.389 e. The van der Waals surface area contributed by atoms with Crippen molar-refractivity contribution in [2.24, 2.45) is 5.92 Å². The van der Waals surface area contributed by atoms with Crippen molar-refractivity contribution in [1.29, 1.82) is 0 Å². The van der Waals surface area contributed by atoms with Gasteiger partial charge in [-0.05, 0) is 19.4 Å². The van der Waals surface area contributed by atoms with E-state index in [1.165, 1.54) is 41.2 Å². The second-order valence-corrected chi connectivity index (χ2v) is 9.58. The number of rotatable bonds is 9. The monoisotopic (exact) mass is 482 g/mol. The molecular weight excluding hydrogens is 461 g/mol. The summed E-state index contributed by atoms with van der Waals surface area (Å²) in [6, 6.07) is 3.11. The van der Waals surface area contributed by atoms with Crippen LogP contribution >= 0.6 is 11.6 Å². The largest absolute Gasteiger partial charge is 0.619 e. The van der Waals surface area contributed by atoms with Crippen molar-refractivity contribution in [3.63, 3.8) is 0 Å². The van der Waals surface area contributed by atoms with Gasteiger partial charge in [-0.15, -0.1) is 0 Å². The van der Waals surface area contributed by atoms with Crippen LogP contribution in [0, 0.1) is 11.1 Å². The molecule has 0 aliphatic heterocycles. The van der Waals surface area contributed by atoms with Crippen molar-refractivity contribution in [3.8, 4) is 5.69 Å². The fourth-order valence-electron chi connectivity index (χ4n) is 2.97. The molecule has 2 rings (SSSR count). The fraction of sp³-hybridized carbons (Fsp3) is 0.500. The summed E-state index contributed by atoms with van der Waals surface area (Å²) in [6.07, 6.45) is -2.22. The highest BCUT2D eigenvalue weighted by Gasteiger charge is 2.30. The quantitative estimate of drug-likeness (QED) is 0.404. The molecule has 0 saturated carbocycles. The van der Waals surface area contributed by atoms with Crippen LogP contribution in [-0.2, 0) is 14.6 Å².